The van der Waals surface area contributed by atoms with Crippen molar-refractivity contribution >= 4 is 6.03 Å². The van der Waals surface area contributed by atoms with Crippen molar-refractivity contribution in [2.24, 2.45) is 5.92 Å². The van der Waals surface area contributed by atoms with Crippen LogP contribution >= 0.6 is 0 Å². The lowest BCUT2D eigenvalue weighted by atomic mass is 9.87. The Kier molecular flexibility index (Phi) is 5.18. The molecule has 2 saturated heterocycles. The fourth-order valence-corrected chi connectivity index (χ4v) is 4.67. The molecule has 1 atom stereocenters. The van der Waals surface area contributed by atoms with Gasteiger partial charge in [0, 0.05) is 32.7 Å². The number of nitrogens with zero attached hydrogens (tertiary/aromatic N) is 2. The van der Waals surface area contributed by atoms with Gasteiger partial charge in [0.15, 0.2) is 0 Å². The fourth-order valence-electron chi connectivity index (χ4n) is 4.67. The van der Waals surface area contributed by atoms with E-state index in [4.69, 9.17) is 4.74 Å². The Labute approximate surface area is 156 Å². The summed E-state index contributed by atoms with van der Waals surface area (Å²) in [6.07, 6.45) is 5.96. The van der Waals surface area contributed by atoms with Crippen LogP contribution in [0.2, 0.25) is 0 Å². The summed E-state index contributed by atoms with van der Waals surface area (Å²) in [6.45, 7) is 4.24. The number of ether oxygens (including phenoxy) is 1. The smallest absolute Gasteiger partial charge is 0.317 e. The number of likely N-dealkylation sites (tertiary alicyclic amines) is 1. The third-order valence-corrected chi connectivity index (χ3v) is 6.38. The van der Waals surface area contributed by atoms with Crippen molar-refractivity contribution < 1.29 is 9.53 Å². The van der Waals surface area contributed by atoms with Crippen molar-refractivity contribution in [3.8, 4) is 0 Å². The molecule has 26 heavy (non-hydrogen) atoms. The van der Waals surface area contributed by atoms with Crippen molar-refractivity contribution in [2.75, 3.05) is 39.8 Å². The summed E-state index contributed by atoms with van der Waals surface area (Å²) in [7, 11) is 1.71. The number of nitrogens with one attached hydrogen (secondary N) is 1. The number of benzene rings is 1. The topological polar surface area (TPSA) is 44.8 Å². The van der Waals surface area contributed by atoms with E-state index in [1.165, 1.54) is 18.4 Å². The molecule has 1 saturated carbocycles. The van der Waals surface area contributed by atoms with E-state index in [1.54, 1.807) is 7.05 Å². The van der Waals surface area contributed by atoms with Crippen LogP contribution in [0.15, 0.2) is 30.3 Å². The molecule has 1 N–H and O–H groups in total. The number of amides is 2. The van der Waals surface area contributed by atoms with E-state index < -0.39 is 0 Å². The van der Waals surface area contributed by atoms with Gasteiger partial charge in [-0.1, -0.05) is 30.3 Å². The van der Waals surface area contributed by atoms with Crippen LogP contribution in [0, 0.1) is 5.92 Å². The van der Waals surface area contributed by atoms with Gasteiger partial charge in [0.2, 0.25) is 0 Å². The minimum atomic E-state index is -0.137. The molecule has 2 aliphatic heterocycles. The zero-order valence-corrected chi connectivity index (χ0v) is 15.8. The number of morpholine rings is 1. The summed E-state index contributed by atoms with van der Waals surface area (Å²) in [5.74, 6) is 0.860. The van der Waals surface area contributed by atoms with Gasteiger partial charge >= 0.3 is 6.03 Å². The molecule has 3 fully saturated rings. The highest BCUT2D eigenvalue weighted by molar-refractivity contribution is 5.74. The van der Waals surface area contributed by atoms with E-state index in [0.717, 1.165) is 44.8 Å². The zero-order chi connectivity index (χ0) is 18.0. The molecule has 0 aromatic heterocycles. The lowest BCUT2D eigenvalue weighted by molar-refractivity contribution is -0.129. The van der Waals surface area contributed by atoms with Crippen molar-refractivity contribution in [2.45, 2.75) is 43.7 Å². The Balaban J connectivity index is 1.38. The number of carbonyl (C=O) groups excluding carboxylic acids is 1. The quantitative estimate of drug-likeness (QED) is 0.901. The van der Waals surface area contributed by atoms with Crippen LogP contribution in [0.5, 0.6) is 0 Å². The average Bonchev–Trinajstić information content (AvgIpc) is 3.52. The highest BCUT2D eigenvalue weighted by Crippen LogP contribution is 2.39. The molecule has 4 rings (SSSR count). The summed E-state index contributed by atoms with van der Waals surface area (Å²) in [5, 5.41) is 2.76. The van der Waals surface area contributed by atoms with Crippen LogP contribution in [-0.2, 0) is 11.2 Å². The first kappa shape index (κ1) is 17.8. The summed E-state index contributed by atoms with van der Waals surface area (Å²) in [5.41, 5.74) is 1.31. The van der Waals surface area contributed by atoms with Gasteiger partial charge in [0.05, 0.1) is 18.8 Å². The number of rotatable bonds is 4. The number of urea groups is 1. The first-order chi connectivity index (χ1) is 12.7. The molecule has 2 amide bonds. The normalized spacial score (nSPS) is 24.4. The number of hydrogen-bond acceptors (Lipinski definition) is 3. The fraction of sp³-hybridized carbons (Fsp3) is 0.667. The predicted molar refractivity (Wildman–Crippen MR) is 102 cm³/mol. The molecule has 5 heteroatoms. The molecule has 0 bridgehead atoms. The predicted octanol–water partition coefficient (Wildman–Crippen LogP) is 2.51. The Morgan fingerprint density at radius 1 is 1.23 bits per heavy atom. The van der Waals surface area contributed by atoms with E-state index in [1.807, 2.05) is 4.90 Å². The first-order valence-electron chi connectivity index (χ1n) is 10.1. The van der Waals surface area contributed by atoms with Crippen molar-refractivity contribution in [1.29, 1.82) is 0 Å². The van der Waals surface area contributed by atoms with Gasteiger partial charge in [-0.15, -0.1) is 0 Å². The maximum atomic E-state index is 12.0. The number of piperidine rings is 1. The second kappa shape index (κ2) is 7.57. The molecule has 1 aliphatic carbocycles. The minimum Gasteiger partial charge on any atom is -0.371 e. The van der Waals surface area contributed by atoms with Crippen LogP contribution in [0.25, 0.3) is 0 Å². The standard InChI is InChI=1S/C21H31N3O2/c1-22-20(25)24-13-14-26-21(16-24)9-11-23(12-10-21)19(18-7-8-18)15-17-5-3-2-4-6-17/h2-6,18-19H,7-16H2,1H3,(H,22,25). The van der Waals surface area contributed by atoms with Gasteiger partial charge in [0.1, 0.15) is 0 Å². The zero-order valence-electron chi connectivity index (χ0n) is 15.8. The molecular formula is C21H31N3O2. The Morgan fingerprint density at radius 2 is 1.96 bits per heavy atom. The van der Waals surface area contributed by atoms with Crippen molar-refractivity contribution in [3.05, 3.63) is 35.9 Å². The first-order valence-corrected chi connectivity index (χ1v) is 10.1. The van der Waals surface area contributed by atoms with E-state index in [0.29, 0.717) is 19.2 Å². The van der Waals surface area contributed by atoms with Crippen molar-refractivity contribution in [3.63, 3.8) is 0 Å². The van der Waals surface area contributed by atoms with Crippen LogP contribution in [0.1, 0.15) is 31.2 Å². The highest BCUT2D eigenvalue weighted by Gasteiger charge is 2.44. The SMILES string of the molecule is CNC(=O)N1CCOC2(CCN(C(Cc3ccccc3)C3CC3)CC2)C1. The molecule has 1 aromatic carbocycles. The molecule has 5 nitrogen and oxygen atoms in total. The summed E-state index contributed by atoms with van der Waals surface area (Å²) >= 11 is 0. The monoisotopic (exact) mass is 357 g/mol. The Bertz CT molecular complexity index is 609. The second-order valence-corrected chi connectivity index (χ2v) is 8.14. The summed E-state index contributed by atoms with van der Waals surface area (Å²) in [4.78, 5) is 16.6. The van der Waals surface area contributed by atoms with E-state index in [2.05, 4.69) is 40.5 Å². The number of hydrogen-bond donors (Lipinski definition) is 1. The summed E-state index contributed by atoms with van der Waals surface area (Å²) in [6, 6.07) is 11.6. The average molecular weight is 357 g/mol. The second-order valence-electron chi connectivity index (χ2n) is 8.14. The van der Waals surface area contributed by atoms with Crippen LogP contribution in [0.4, 0.5) is 4.79 Å². The highest BCUT2D eigenvalue weighted by atomic mass is 16.5. The molecule has 1 spiro atoms. The molecule has 1 aromatic rings. The maximum absolute atomic E-state index is 12.0. The minimum absolute atomic E-state index is 0.0232. The third-order valence-electron chi connectivity index (χ3n) is 6.38. The molecule has 2 heterocycles. The van der Waals surface area contributed by atoms with Crippen LogP contribution in [-0.4, -0.2) is 67.3 Å². The van der Waals surface area contributed by atoms with Crippen LogP contribution < -0.4 is 5.32 Å². The number of carbonyl (C=O) groups is 1. The molecule has 0 radical (unpaired) electrons. The van der Waals surface area contributed by atoms with Gasteiger partial charge in [-0.3, -0.25) is 4.90 Å². The van der Waals surface area contributed by atoms with Gasteiger partial charge in [-0.05, 0) is 43.6 Å². The van der Waals surface area contributed by atoms with Crippen LogP contribution in [0.3, 0.4) is 0 Å². The lowest BCUT2D eigenvalue weighted by Crippen LogP contribution is -2.60. The molecule has 1 unspecified atom stereocenters. The van der Waals surface area contributed by atoms with E-state index in [9.17, 15) is 4.79 Å². The van der Waals surface area contributed by atoms with E-state index >= 15 is 0 Å². The van der Waals surface area contributed by atoms with Gasteiger partial charge in [0.25, 0.3) is 0 Å². The summed E-state index contributed by atoms with van der Waals surface area (Å²) < 4.78 is 6.21. The maximum Gasteiger partial charge on any atom is 0.317 e. The Hall–Kier alpha value is -1.59. The Morgan fingerprint density at radius 3 is 2.62 bits per heavy atom. The lowest BCUT2D eigenvalue weighted by Gasteiger charge is -2.48. The largest absolute Gasteiger partial charge is 0.371 e. The van der Waals surface area contributed by atoms with Gasteiger partial charge < -0.3 is 15.0 Å². The third kappa shape index (κ3) is 3.89. The molecular weight excluding hydrogens is 326 g/mol. The molecule has 3 aliphatic rings. The van der Waals surface area contributed by atoms with E-state index in [-0.39, 0.29) is 11.6 Å². The van der Waals surface area contributed by atoms with Crippen molar-refractivity contribution in [1.82, 2.24) is 15.1 Å². The van der Waals surface area contributed by atoms with Gasteiger partial charge in [-0.25, -0.2) is 4.79 Å². The van der Waals surface area contributed by atoms with Gasteiger partial charge in [-0.2, -0.15) is 0 Å². The molecule has 142 valence electrons.